The van der Waals surface area contributed by atoms with Gasteiger partial charge >= 0.3 is 0 Å². The van der Waals surface area contributed by atoms with Crippen LogP contribution in [0, 0.1) is 34.5 Å². The van der Waals surface area contributed by atoms with E-state index in [2.05, 4.69) is 19.9 Å². The summed E-state index contributed by atoms with van der Waals surface area (Å²) in [4.78, 5) is 0. The highest BCUT2D eigenvalue weighted by atomic mass is 14.5. The predicted molar refractivity (Wildman–Crippen MR) is 99.1 cm³/mol. The first kappa shape index (κ1) is 18.8. The molecule has 0 amide bonds. The molecule has 0 aromatic carbocycles. The Morgan fingerprint density at radius 3 is 2.30 bits per heavy atom. The molecule has 0 bridgehead atoms. The van der Waals surface area contributed by atoms with Crippen molar-refractivity contribution in [2.75, 3.05) is 0 Å². The second kappa shape index (κ2) is 9.71. The van der Waals surface area contributed by atoms with Gasteiger partial charge in [0.15, 0.2) is 0 Å². The number of rotatable bonds is 9. The highest BCUT2D eigenvalue weighted by Gasteiger charge is 2.47. The molecule has 2 aliphatic carbocycles. The molecule has 2 rings (SSSR count). The van der Waals surface area contributed by atoms with Gasteiger partial charge in [-0.15, -0.1) is 0 Å². The van der Waals surface area contributed by atoms with E-state index in [-0.39, 0.29) is 5.41 Å². The van der Waals surface area contributed by atoms with Crippen molar-refractivity contribution in [3.8, 4) is 6.07 Å². The van der Waals surface area contributed by atoms with Crippen LogP contribution in [0.1, 0.15) is 110 Å². The summed E-state index contributed by atoms with van der Waals surface area (Å²) < 4.78 is 0. The van der Waals surface area contributed by atoms with Gasteiger partial charge in [-0.05, 0) is 49.9 Å². The van der Waals surface area contributed by atoms with E-state index in [9.17, 15) is 5.26 Å². The first-order valence-corrected chi connectivity index (χ1v) is 10.6. The third-order valence-corrected chi connectivity index (χ3v) is 6.88. The fourth-order valence-corrected chi connectivity index (χ4v) is 5.37. The smallest absolute Gasteiger partial charge is 0.0692 e. The minimum Gasteiger partial charge on any atom is -0.198 e. The average molecular weight is 318 g/mol. The van der Waals surface area contributed by atoms with Crippen LogP contribution < -0.4 is 0 Å². The zero-order chi connectivity index (χ0) is 16.5. The second-order valence-corrected chi connectivity index (χ2v) is 8.60. The Balaban J connectivity index is 1.81. The van der Waals surface area contributed by atoms with Gasteiger partial charge in [0.05, 0.1) is 11.5 Å². The van der Waals surface area contributed by atoms with Crippen LogP contribution in [0.15, 0.2) is 0 Å². The normalized spacial score (nSPS) is 33.9. The van der Waals surface area contributed by atoms with E-state index in [1.54, 1.807) is 0 Å². The highest BCUT2D eigenvalue weighted by molar-refractivity contribution is 5.08. The lowest BCUT2D eigenvalue weighted by molar-refractivity contribution is 0.0366. The molecule has 0 heterocycles. The number of fused-ring (bicyclic) bond motifs is 1. The zero-order valence-electron chi connectivity index (χ0n) is 15.8. The number of hydrogen-bond acceptors (Lipinski definition) is 1. The summed E-state index contributed by atoms with van der Waals surface area (Å²) >= 11 is 0. The Kier molecular flexibility index (Phi) is 7.94. The van der Waals surface area contributed by atoms with Crippen LogP contribution in [0.3, 0.4) is 0 Å². The van der Waals surface area contributed by atoms with Crippen molar-refractivity contribution in [1.82, 2.24) is 0 Å². The van der Waals surface area contributed by atoms with Crippen LogP contribution in [-0.2, 0) is 0 Å². The van der Waals surface area contributed by atoms with Crippen molar-refractivity contribution in [3.05, 3.63) is 0 Å². The summed E-state index contributed by atoms with van der Waals surface area (Å²) in [5.41, 5.74) is 0.0644. The Hall–Kier alpha value is -0.510. The summed E-state index contributed by atoms with van der Waals surface area (Å²) in [6.07, 6.45) is 20.3. The molecule has 23 heavy (non-hydrogen) atoms. The van der Waals surface area contributed by atoms with E-state index >= 15 is 0 Å². The van der Waals surface area contributed by atoms with Crippen molar-refractivity contribution in [2.45, 2.75) is 110 Å². The highest BCUT2D eigenvalue weighted by Crippen LogP contribution is 2.54. The number of unbranched alkanes of at least 4 members (excludes halogenated alkanes) is 5. The SMILES string of the molecule is CCCCCCC1CCC2CC(CCCCC)CCC2(C#N)C1. The Morgan fingerprint density at radius 1 is 0.870 bits per heavy atom. The van der Waals surface area contributed by atoms with Gasteiger partial charge in [-0.25, -0.2) is 0 Å². The van der Waals surface area contributed by atoms with Gasteiger partial charge in [0.1, 0.15) is 0 Å². The Morgan fingerprint density at radius 2 is 1.57 bits per heavy atom. The van der Waals surface area contributed by atoms with Crippen molar-refractivity contribution >= 4 is 0 Å². The fraction of sp³-hybridized carbons (Fsp3) is 0.955. The van der Waals surface area contributed by atoms with Crippen molar-refractivity contribution in [3.63, 3.8) is 0 Å². The topological polar surface area (TPSA) is 23.8 Å². The summed E-state index contributed by atoms with van der Waals surface area (Å²) in [5.74, 6) is 2.49. The molecule has 0 aromatic rings. The molecule has 0 saturated heterocycles. The van der Waals surface area contributed by atoms with Crippen molar-refractivity contribution in [2.24, 2.45) is 23.2 Å². The molecule has 0 N–H and O–H groups in total. The van der Waals surface area contributed by atoms with Gasteiger partial charge in [-0.1, -0.05) is 78.1 Å². The third-order valence-electron chi connectivity index (χ3n) is 6.88. The largest absolute Gasteiger partial charge is 0.198 e. The molecule has 2 saturated carbocycles. The van der Waals surface area contributed by atoms with E-state index in [0.717, 1.165) is 17.8 Å². The predicted octanol–water partition coefficient (Wildman–Crippen LogP) is 7.26. The van der Waals surface area contributed by atoms with Crippen LogP contribution in [0.2, 0.25) is 0 Å². The maximum Gasteiger partial charge on any atom is 0.0692 e. The summed E-state index contributed by atoms with van der Waals surface area (Å²) in [7, 11) is 0. The fourth-order valence-electron chi connectivity index (χ4n) is 5.37. The van der Waals surface area contributed by atoms with Gasteiger partial charge in [-0.2, -0.15) is 5.26 Å². The van der Waals surface area contributed by atoms with Gasteiger partial charge in [0.2, 0.25) is 0 Å². The lowest BCUT2D eigenvalue weighted by Gasteiger charge is -2.48. The van der Waals surface area contributed by atoms with E-state index < -0.39 is 0 Å². The Bertz CT molecular complexity index is 369. The maximum absolute atomic E-state index is 9.95. The van der Waals surface area contributed by atoms with Gasteiger partial charge in [-0.3, -0.25) is 0 Å². The molecule has 1 nitrogen and oxygen atoms in total. The van der Waals surface area contributed by atoms with Crippen LogP contribution in [0.25, 0.3) is 0 Å². The summed E-state index contributed by atoms with van der Waals surface area (Å²) in [6, 6.07) is 2.84. The molecule has 1 heteroatoms. The second-order valence-electron chi connectivity index (χ2n) is 8.60. The minimum atomic E-state index is 0.0644. The lowest BCUT2D eigenvalue weighted by atomic mass is 9.55. The molecule has 132 valence electrons. The molecule has 0 spiro atoms. The van der Waals surface area contributed by atoms with Gasteiger partial charge < -0.3 is 0 Å². The summed E-state index contributed by atoms with van der Waals surface area (Å²) in [5, 5.41) is 9.95. The van der Waals surface area contributed by atoms with Crippen LogP contribution in [0.5, 0.6) is 0 Å². The molecule has 4 unspecified atom stereocenters. The first-order valence-electron chi connectivity index (χ1n) is 10.6. The molecule has 2 fully saturated rings. The van der Waals surface area contributed by atoms with Crippen LogP contribution in [0.4, 0.5) is 0 Å². The quantitative estimate of drug-likeness (QED) is 0.410. The number of hydrogen-bond donors (Lipinski definition) is 0. The standard InChI is InChI=1S/C22H39N/c1-3-5-7-9-11-20-12-13-21-16-19(10-8-6-4-2)14-15-22(21,17-20)18-23/h19-21H,3-17H2,1-2H3. The average Bonchev–Trinajstić information content (AvgIpc) is 2.59. The van der Waals surface area contributed by atoms with E-state index in [1.165, 1.54) is 96.3 Å². The van der Waals surface area contributed by atoms with Gasteiger partial charge in [0, 0.05) is 0 Å². The molecule has 2 aliphatic rings. The number of nitrogens with zero attached hydrogens (tertiary/aromatic N) is 1. The third kappa shape index (κ3) is 5.23. The van der Waals surface area contributed by atoms with E-state index in [0.29, 0.717) is 0 Å². The van der Waals surface area contributed by atoms with Crippen LogP contribution in [-0.4, -0.2) is 0 Å². The van der Waals surface area contributed by atoms with E-state index in [4.69, 9.17) is 0 Å². The van der Waals surface area contributed by atoms with Crippen molar-refractivity contribution < 1.29 is 0 Å². The van der Waals surface area contributed by atoms with Gasteiger partial charge in [0.25, 0.3) is 0 Å². The lowest BCUT2D eigenvalue weighted by Crippen LogP contribution is -2.40. The summed E-state index contributed by atoms with van der Waals surface area (Å²) in [6.45, 7) is 4.58. The molecular formula is C22H39N. The maximum atomic E-state index is 9.95. The van der Waals surface area contributed by atoms with E-state index in [1.807, 2.05) is 0 Å². The van der Waals surface area contributed by atoms with Crippen molar-refractivity contribution in [1.29, 1.82) is 5.26 Å². The first-order chi connectivity index (χ1) is 11.2. The molecular weight excluding hydrogens is 278 g/mol. The monoisotopic (exact) mass is 317 g/mol. The molecule has 0 radical (unpaired) electrons. The Labute approximate surface area is 145 Å². The zero-order valence-corrected chi connectivity index (χ0v) is 15.8. The number of nitriles is 1. The molecule has 0 aromatic heterocycles. The van der Waals surface area contributed by atoms with Crippen LogP contribution >= 0.6 is 0 Å². The molecule has 4 atom stereocenters. The molecule has 0 aliphatic heterocycles. The minimum absolute atomic E-state index is 0.0644.